The van der Waals surface area contributed by atoms with Gasteiger partial charge in [0.15, 0.2) is 5.82 Å². The van der Waals surface area contributed by atoms with Gasteiger partial charge in [-0.05, 0) is 67.4 Å². The normalized spacial score (nSPS) is 11.5. The Balaban J connectivity index is 1.51. The number of amides is 1. The maximum absolute atomic E-state index is 12.9. The van der Waals surface area contributed by atoms with Crippen LogP contribution < -0.4 is 10.0 Å². The summed E-state index contributed by atoms with van der Waals surface area (Å²) >= 11 is 0. The van der Waals surface area contributed by atoms with E-state index in [1.807, 2.05) is 45.0 Å². The van der Waals surface area contributed by atoms with Crippen LogP contribution in [0.5, 0.6) is 0 Å². The van der Waals surface area contributed by atoms with Gasteiger partial charge in [-0.3, -0.25) is 14.6 Å². The lowest BCUT2D eigenvalue weighted by atomic mass is 10.1. The number of hydrogen-bond donors (Lipinski definition) is 3. The Morgan fingerprint density at radius 3 is 2.37 bits per heavy atom. The number of sulfonamides is 1. The highest BCUT2D eigenvalue weighted by Gasteiger charge is 2.18. The quantitative estimate of drug-likeness (QED) is 0.327. The third-order valence-electron chi connectivity index (χ3n) is 5.50. The number of carbonyl (C=O) groups excluding carboxylic acids is 1. The lowest BCUT2D eigenvalue weighted by Gasteiger charge is -2.12. The van der Waals surface area contributed by atoms with E-state index in [0.29, 0.717) is 33.9 Å². The SMILES string of the molecule is Cc1ccc(C)c(S(=O)(=O)Nc2ccc(C(=O)Nc3ccccc3-c3n[nH]c(C(C)C)n3)cc2)c1. The molecule has 0 saturated heterocycles. The molecule has 0 atom stereocenters. The van der Waals surface area contributed by atoms with Crippen LogP contribution in [0.25, 0.3) is 11.4 Å². The van der Waals surface area contributed by atoms with Gasteiger partial charge in [-0.2, -0.15) is 5.10 Å². The third-order valence-corrected chi connectivity index (χ3v) is 7.02. The second-order valence-corrected chi connectivity index (χ2v) is 10.3. The van der Waals surface area contributed by atoms with E-state index in [9.17, 15) is 13.2 Å². The van der Waals surface area contributed by atoms with Crippen LogP contribution >= 0.6 is 0 Å². The molecule has 0 fully saturated rings. The van der Waals surface area contributed by atoms with E-state index in [2.05, 4.69) is 25.2 Å². The predicted octanol–water partition coefficient (Wildman–Crippen LogP) is 5.27. The van der Waals surface area contributed by atoms with Crippen LogP contribution in [-0.2, 0) is 10.0 Å². The van der Waals surface area contributed by atoms with Crippen molar-refractivity contribution in [2.75, 3.05) is 10.0 Å². The van der Waals surface area contributed by atoms with E-state index in [1.54, 1.807) is 49.4 Å². The zero-order valence-electron chi connectivity index (χ0n) is 20.0. The molecule has 0 aliphatic carbocycles. The van der Waals surface area contributed by atoms with Crippen molar-refractivity contribution in [3.63, 3.8) is 0 Å². The van der Waals surface area contributed by atoms with Gasteiger partial charge in [-0.15, -0.1) is 0 Å². The standard InChI is InChI=1S/C26H27N5O3S/c1-16(2)24-28-25(30-29-24)21-7-5-6-8-22(21)27-26(32)19-11-13-20(14-12-19)31-35(33,34)23-15-17(3)9-10-18(23)4/h5-16,31H,1-4H3,(H,27,32)(H,28,29,30). The first-order chi connectivity index (χ1) is 16.6. The number of aryl methyl sites for hydroxylation is 2. The Morgan fingerprint density at radius 1 is 0.971 bits per heavy atom. The van der Waals surface area contributed by atoms with Crippen LogP contribution in [-0.4, -0.2) is 29.5 Å². The van der Waals surface area contributed by atoms with Crippen molar-refractivity contribution >= 4 is 27.3 Å². The van der Waals surface area contributed by atoms with E-state index in [1.165, 1.54) is 0 Å². The van der Waals surface area contributed by atoms with E-state index in [4.69, 9.17) is 0 Å². The number of H-pyrrole nitrogens is 1. The van der Waals surface area contributed by atoms with E-state index in [0.717, 1.165) is 11.4 Å². The fourth-order valence-corrected chi connectivity index (χ4v) is 4.92. The Morgan fingerprint density at radius 2 is 1.69 bits per heavy atom. The summed E-state index contributed by atoms with van der Waals surface area (Å²) in [4.78, 5) is 17.7. The monoisotopic (exact) mass is 489 g/mol. The number of nitrogens with zero attached hydrogens (tertiary/aromatic N) is 2. The first kappa shape index (κ1) is 24.2. The summed E-state index contributed by atoms with van der Waals surface area (Å²) in [5.74, 6) is 1.13. The van der Waals surface area contributed by atoms with Gasteiger partial charge in [-0.25, -0.2) is 13.4 Å². The molecule has 3 N–H and O–H groups in total. The molecule has 180 valence electrons. The molecule has 8 nitrogen and oxygen atoms in total. The van der Waals surface area contributed by atoms with Crippen molar-refractivity contribution in [1.29, 1.82) is 0 Å². The molecule has 0 radical (unpaired) electrons. The van der Waals surface area contributed by atoms with Gasteiger partial charge in [0.1, 0.15) is 5.82 Å². The topological polar surface area (TPSA) is 117 Å². The minimum Gasteiger partial charge on any atom is -0.321 e. The van der Waals surface area contributed by atoms with Gasteiger partial charge in [0, 0.05) is 22.7 Å². The number of carbonyl (C=O) groups is 1. The summed E-state index contributed by atoms with van der Waals surface area (Å²) in [6, 6.07) is 18.8. The van der Waals surface area contributed by atoms with E-state index in [-0.39, 0.29) is 16.7 Å². The van der Waals surface area contributed by atoms with Crippen LogP contribution in [0.2, 0.25) is 0 Å². The Bertz CT molecular complexity index is 1480. The average molecular weight is 490 g/mol. The summed E-state index contributed by atoms with van der Waals surface area (Å²) < 4.78 is 28.3. The highest BCUT2D eigenvalue weighted by molar-refractivity contribution is 7.92. The molecular formula is C26H27N5O3S. The highest BCUT2D eigenvalue weighted by Crippen LogP contribution is 2.27. The van der Waals surface area contributed by atoms with Crippen LogP contribution in [0.15, 0.2) is 71.6 Å². The second-order valence-electron chi connectivity index (χ2n) is 8.65. The molecule has 3 aromatic carbocycles. The highest BCUT2D eigenvalue weighted by atomic mass is 32.2. The zero-order chi connectivity index (χ0) is 25.2. The number of anilines is 2. The number of benzene rings is 3. The molecule has 35 heavy (non-hydrogen) atoms. The van der Waals surface area contributed by atoms with Crippen LogP contribution in [0, 0.1) is 13.8 Å². The molecule has 1 amide bonds. The van der Waals surface area contributed by atoms with E-state index >= 15 is 0 Å². The first-order valence-electron chi connectivity index (χ1n) is 11.2. The fourth-order valence-electron chi connectivity index (χ4n) is 3.53. The van der Waals surface area contributed by atoms with E-state index < -0.39 is 10.0 Å². The van der Waals surface area contributed by atoms with Gasteiger partial charge in [-0.1, -0.05) is 38.1 Å². The summed E-state index contributed by atoms with van der Waals surface area (Å²) in [6.45, 7) is 7.63. The number of nitrogens with one attached hydrogen (secondary N) is 3. The predicted molar refractivity (Wildman–Crippen MR) is 137 cm³/mol. The molecule has 1 heterocycles. The third kappa shape index (κ3) is 5.41. The van der Waals surface area contributed by atoms with Crippen molar-refractivity contribution in [2.24, 2.45) is 0 Å². The maximum Gasteiger partial charge on any atom is 0.262 e. The molecule has 0 unspecified atom stereocenters. The molecule has 0 bridgehead atoms. The number of hydrogen-bond acceptors (Lipinski definition) is 5. The van der Waals surface area contributed by atoms with Crippen LogP contribution in [0.1, 0.15) is 47.1 Å². The number of para-hydroxylation sites is 1. The Hall–Kier alpha value is -3.98. The Labute approximate surface area is 204 Å². The number of aromatic amines is 1. The molecule has 9 heteroatoms. The van der Waals surface area contributed by atoms with Crippen LogP contribution in [0.4, 0.5) is 11.4 Å². The van der Waals surface area contributed by atoms with Gasteiger partial charge >= 0.3 is 0 Å². The van der Waals surface area contributed by atoms with Crippen molar-refractivity contribution in [3.05, 3.63) is 89.2 Å². The minimum absolute atomic E-state index is 0.198. The second kappa shape index (κ2) is 9.71. The molecule has 0 saturated carbocycles. The lowest BCUT2D eigenvalue weighted by Crippen LogP contribution is -2.15. The van der Waals surface area contributed by atoms with Crippen molar-refractivity contribution in [3.8, 4) is 11.4 Å². The minimum atomic E-state index is -3.76. The van der Waals surface area contributed by atoms with Crippen molar-refractivity contribution in [2.45, 2.75) is 38.5 Å². The van der Waals surface area contributed by atoms with Gasteiger partial charge in [0.2, 0.25) is 0 Å². The smallest absolute Gasteiger partial charge is 0.262 e. The molecular weight excluding hydrogens is 462 g/mol. The summed E-state index contributed by atoms with van der Waals surface area (Å²) in [5, 5.41) is 10.1. The fraction of sp³-hybridized carbons (Fsp3) is 0.192. The molecule has 4 aromatic rings. The summed E-state index contributed by atoms with van der Waals surface area (Å²) in [6.07, 6.45) is 0. The summed E-state index contributed by atoms with van der Waals surface area (Å²) in [5.41, 5.74) is 3.53. The zero-order valence-corrected chi connectivity index (χ0v) is 20.8. The Kier molecular flexibility index (Phi) is 6.70. The molecule has 1 aromatic heterocycles. The number of aromatic nitrogens is 3. The molecule has 4 rings (SSSR count). The van der Waals surface area contributed by atoms with Gasteiger partial charge in [0.05, 0.1) is 10.6 Å². The summed E-state index contributed by atoms with van der Waals surface area (Å²) in [7, 11) is -3.76. The van der Waals surface area contributed by atoms with Gasteiger partial charge in [0.25, 0.3) is 15.9 Å². The largest absolute Gasteiger partial charge is 0.321 e. The number of rotatable bonds is 7. The first-order valence-corrected chi connectivity index (χ1v) is 12.7. The lowest BCUT2D eigenvalue weighted by molar-refractivity contribution is 0.102. The van der Waals surface area contributed by atoms with Crippen molar-refractivity contribution < 1.29 is 13.2 Å². The average Bonchev–Trinajstić information content (AvgIpc) is 3.32. The molecule has 0 aliphatic heterocycles. The molecule has 0 spiro atoms. The van der Waals surface area contributed by atoms with Crippen molar-refractivity contribution in [1.82, 2.24) is 15.2 Å². The van der Waals surface area contributed by atoms with Gasteiger partial charge < -0.3 is 5.32 Å². The molecule has 0 aliphatic rings. The maximum atomic E-state index is 12.9. The van der Waals surface area contributed by atoms with Crippen LogP contribution in [0.3, 0.4) is 0 Å².